The summed E-state index contributed by atoms with van der Waals surface area (Å²) in [5.74, 6) is -2.31. The van der Waals surface area contributed by atoms with Crippen molar-refractivity contribution in [1.82, 2.24) is 0 Å². The van der Waals surface area contributed by atoms with E-state index < -0.39 is 97.5 Å². The highest BCUT2D eigenvalue weighted by atomic mass is 31.2. The number of ether oxygens (including phenoxy) is 4. The van der Waals surface area contributed by atoms with E-state index in [9.17, 15) is 43.2 Å². The lowest BCUT2D eigenvalue weighted by Crippen LogP contribution is -2.30. The number of unbranched alkanes of at least 4 members (excludes halogenated alkanes) is 32. The molecule has 0 aliphatic heterocycles. The maximum Gasteiger partial charge on any atom is 0.472 e. The van der Waals surface area contributed by atoms with Gasteiger partial charge >= 0.3 is 39.5 Å². The number of rotatable bonds is 78. The molecular weight excluding hydrogens is 1380 g/mol. The first kappa shape index (κ1) is 101. The van der Waals surface area contributed by atoms with Crippen LogP contribution in [0.5, 0.6) is 0 Å². The van der Waals surface area contributed by atoms with Crippen molar-refractivity contribution in [3.63, 3.8) is 0 Å². The van der Waals surface area contributed by atoms with E-state index in [1.54, 1.807) is 0 Å². The Kier molecular flexibility index (Phi) is 75.2. The molecule has 106 heavy (non-hydrogen) atoms. The van der Waals surface area contributed by atoms with Crippen LogP contribution in [-0.4, -0.2) is 96.7 Å². The number of carbonyl (C=O) groups excluding carboxylic acids is 4. The number of hydrogen-bond donors (Lipinski definition) is 3. The van der Waals surface area contributed by atoms with E-state index in [4.69, 9.17) is 37.0 Å². The summed E-state index contributed by atoms with van der Waals surface area (Å²) in [6.07, 6.45) is 87.5. The Labute approximate surface area is 644 Å². The van der Waals surface area contributed by atoms with Crippen molar-refractivity contribution in [3.8, 4) is 0 Å². The molecule has 5 atom stereocenters. The van der Waals surface area contributed by atoms with Crippen LogP contribution in [-0.2, 0) is 65.4 Å². The average molecular weight is 1530 g/mol. The van der Waals surface area contributed by atoms with Crippen molar-refractivity contribution in [2.45, 2.75) is 367 Å². The van der Waals surface area contributed by atoms with Crippen LogP contribution in [0.3, 0.4) is 0 Å². The predicted molar refractivity (Wildman–Crippen MR) is 436 cm³/mol. The molecule has 610 valence electrons. The molecule has 3 N–H and O–H groups in total. The van der Waals surface area contributed by atoms with E-state index in [2.05, 4.69) is 125 Å². The Morgan fingerprint density at radius 1 is 0.264 bits per heavy atom. The molecule has 0 spiro atoms. The first-order chi connectivity index (χ1) is 51.7. The zero-order chi connectivity index (χ0) is 77.4. The summed E-state index contributed by atoms with van der Waals surface area (Å²) in [5.41, 5.74) is 0. The fourth-order valence-corrected chi connectivity index (χ4v) is 12.6. The molecule has 0 aromatic heterocycles. The van der Waals surface area contributed by atoms with Crippen molar-refractivity contribution < 1.29 is 80.2 Å². The van der Waals surface area contributed by atoms with Crippen molar-refractivity contribution in [3.05, 3.63) is 122 Å². The highest BCUT2D eigenvalue weighted by molar-refractivity contribution is 7.47. The van der Waals surface area contributed by atoms with E-state index in [1.165, 1.54) is 135 Å². The summed E-state index contributed by atoms with van der Waals surface area (Å²) in [4.78, 5) is 73.1. The molecule has 0 aliphatic rings. The van der Waals surface area contributed by atoms with Crippen LogP contribution in [0.2, 0.25) is 0 Å². The molecular formula is C87H150O17P2. The van der Waals surface area contributed by atoms with Gasteiger partial charge in [-0.2, -0.15) is 0 Å². The SMILES string of the molecule is CCCCC/C=C\C/C=C\C/C=C\C/C=C\CCCC(=O)OC[C@H](COP(=O)(O)OC[C@@H](O)COP(=O)(O)OC[C@@H](COC(=O)CCC/C=C\C/C=C\C/C=C\C/C=C\CCCCC)OC(=O)CCCCCCCCCCCCCCCCCCC)OC(=O)CCCCCCC/C=C\C/C=C\CCCCC. The second kappa shape index (κ2) is 78.6. The molecule has 0 amide bonds. The maximum absolute atomic E-state index is 13.1. The third-order valence-electron chi connectivity index (χ3n) is 17.4. The number of phosphoric ester groups is 2. The van der Waals surface area contributed by atoms with Crippen molar-refractivity contribution in [2.75, 3.05) is 39.6 Å². The topological polar surface area (TPSA) is 237 Å². The van der Waals surface area contributed by atoms with Gasteiger partial charge in [-0.1, -0.05) is 310 Å². The quantitative estimate of drug-likeness (QED) is 0.0169. The summed E-state index contributed by atoms with van der Waals surface area (Å²) < 4.78 is 68.6. The van der Waals surface area contributed by atoms with Gasteiger partial charge in [-0.25, -0.2) is 9.13 Å². The van der Waals surface area contributed by atoms with Crippen LogP contribution in [0.25, 0.3) is 0 Å². The maximum atomic E-state index is 13.1. The normalized spacial score (nSPS) is 14.4. The summed E-state index contributed by atoms with van der Waals surface area (Å²) in [6.45, 7) is 4.70. The van der Waals surface area contributed by atoms with Crippen molar-refractivity contribution in [2.24, 2.45) is 0 Å². The van der Waals surface area contributed by atoms with Gasteiger partial charge in [-0.3, -0.25) is 37.3 Å². The Morgan fingerprint density at radius 2 is 0.472 bits per heavy atom. The average Bonchev–Trinajstić information content (AvgIpc) is 0.901. The first-order valence-corrected chi connectivity index (χ1v) is 44.8. The molecule has 0 aliphatic carbocycles. The molecule has 0 bridgehead atoms. The number of hydrogen-bond acceptors (Lipinski definition) is 15. The molecule has 0 aromatic carbocycles. The highest BCUT2D eigenvalue weighted by Crippen LogP contribution is 2.45. The first-order valence-electron chi connectivity index (χ1n) is 41.8. The third-order valence-corrected chi connectivity index (χ3v) is 19.3. The Hall–Kier alpha value is -4.54. The number of aliphatic hydroxyl groups is 1. The summed E-state index contributed by atoms with van der Waals surface area (Å²) in [7, 11) is -10.00. The lowest BCUT2D eigenvalue weighted by atomic mass is 10.0. The second-order valence-corrected chi connectivity index (χ2v) is 30.6. The van der Waals surface area contributed by atoms with Crippen LogP contribution < -0.4 is 0 Å². The van der Waals surface area contributed by atoms with E-state index in [-0.39, 0.29) is 25.7 Å². The zero-order valence-corrected chi connectivity index (χ0v) is 68.6. The summed E-state index contributed by atoms with van der Waals surface area (Å²) >= 11 is 0. The van der Waals surface area contributed by atoms with Crippen LogP contribution in [0.1, 0.15) is 349 Å². The fourth-order valence-electron chi connectivity index (χ4n) is 11.0. The van der Waals surface area contributed by atoms with Crippen LogP contribution in [0.15, 0.2) is 122 Å². The van der Waals surface area contributed by atoms with E-state index >= 15 is 0 Å². The number of carbonyl (C=O) groups is 4. The molecule has 2 unspecified atom stereocenters. The predicted octanol–water partition coefficient (Wildman–Crippen LogP) is 24.7. The van der Waals surface area contributed by atoms with Gasteiger partial charge in [-0.15, -0.1) is 0 Å². The second-order valence-electron chi connectivity index (χ2n) is 27.7. The zero-order valence-electron chi connectivity index (χ0n) is 66.8. The number of esters is 4. The standard InChI is InChI=1S/C87H150O17P2/c1-5-9-13-17-21-25-29-33-37-40-44-47-51-55-59-63-67-71-84(89)97-77-82(103-86(91)73-69-65-61-57-53-49-43-36-32-28-24-20-16-12-8-4)79-101-105(93,94)99-75-81(88)76-100-106(95,96)102-80-83(104-87(92)74-70-66-62-58-54-50-46-42-39-35-31-27-23-19-15-11-7-3)78-98-85(90)72-68-64-60-56-52-48-45-41-38-34-30-26-22-18-14-10-6-2/h21-22,24-26,28,33-34,36-38,43-45,47-48,55-56,59-60,81-83,88H,5-20,23,27,29-32,35,39-42,46,49-54,57-58,61-80H2,1-4H3,(H,93,94)(H,95,96)/b25-21-,26-22-,28-24-,37-33-,38-34-,43-36-,47-44-,48-45-,59-55-,60-56-/t81-,82-,83-/m1/s1. The molecule has 0 radical (unpaired) electrons. The minimum Gasteiger partial charge on any atom is -0.462 e. The third kappa shape index (κ3) is 77.6. The summed E-state index contributed by atoms with van der Waals surface area (Å²) in [5, 5.41) is 10.7. The van der Waals surface area contributed by atoms with Gasteiger partial charge in [-0.05, 0) is 135 Å². The van der Waals surface area contributed by atoms with Gasteiger partial charge in [0.25, 0.3) is 0 Å². The van der Waals surface area contributed by atoms with Gasteiger partial charge in [0.2, 0.25) is 0 Å². The van der Waals surface area contributed by atoms with E-state index in [0.29, 0.717) is 38.5 Å². The number of phosphoric acid groups is 2. The van der Waals surface area contributed by atoms with Crippen molar-refractivity contribution in [1.29, 1.82) is 0 Å². The fraction of sp³-hybridized carbons (Fsp3) is 0.724. The lowest BCUT2D eigenvalue weighted by molar-refractivity contribution is -0.161. The lowest BCUT2D eigenvalue weighted by Gasteiger charge is -2.21. The Bertz CT molecular complexity index is 2480. The molecule has 0 saturated carbocycles. The van der Waals surface area contributed by atoms with Crippen LogP contribution in [0, 0.1) is 0 Å². The van der Waals surface area contributed by atoms with Gasteiger partial charge < -0.3 is 33.8 Å². The minimum atomic E-state index is -5.00. The molecule has 0 saturated heterocycles. The molecule has 0 aromatic rings. The molecule has 0 fully saturated rings. The molecule has 19 heteroatoms. The monoisotopic (exact) mass is 1530 g/mol. The number of aliphatic hydroxyl groups excluding tert-OH is 1. The van der Waals surface area contributed by atoms with Gasteiger partial charge in [0.05, 0.1) is 26.4 Å². The van der Waals surface area contributed by atoms with Crippen LogP contribution >= 0.6 is 15.6 Å². The Morgan fingerprint density at radius 3 is 0.755 bits per heavy atom. The van der Waals surface area contributed by atoms with Gasteiger partial charge in [0, 0.05) is 25.7 Å². The Balaban J connectivity index is 5.46. The molecule has 0 rings (SSSR count). The van der Waals surface area contributed by atoms with Crippen LogP contribution in [0.4, 0.5) is 0 Å². The van der Waals surface area contributed by atoms with Gasteiger partial charge in [0.15, 0.2) is 12.2 Å². The smallest absolute Gasteiger partial charge is 0.462 e. The highest BCUT2D eigenvalue weighted by Gasteiger charge is 2.30. The van der Waals surface area contributed by atoms with Gasteiger partial charge in [0.1, 0.15) is 19.3 Å². The van der Waals surface area contributed by atoms with E-state index in [0.717, 1.165) is 122 Å². The summed E-state index contributed by atoms with van der Waals surface area (Å²) in [6, 6.07) is 0. The van der Waals surface area contributed by atoms with E-state index in [1.807, 2.05) is 24.3 Å². The molecule has 0 heterocycles. The minimum absolute atomic E-state index is 0.0646. The molecule has 17 nitrogen and oxygen atoms in total. The number of allylic oxidation sites excluding steroid dienone is 20. The van der Waals surface area contributed by atoms with Crippen molar-refractivity contribution >= 4 is 39.5 Å². The largest absolute Gasteiger partial charge is 0.472 e.